The van der Waals surface area contributed by atoms with E-state index in [2.05, 4.69) is 31.3 Å². The summed E-state index contributed by atoms with van der Waals surface area (Å²) in [5, 5.41) is 3.32. The number of ether oxygens (including phenoxy) is 1. The van der Waals surface area contributed by atoms with Crippen molar-refractivity contribution in [2.24, 2.45) is 5.41 Å². The second-order valence-electron chi connectivity index (χ2n) is 5.38. The largest absolute Gasteiger partial charge is 0.496 e. The second kappa shape index (κ2) is 4.69. The molecule has 0 atom stereocenters. The highest BCUT2D eigenvalue weighted by Crippen LogP contribution is 2.48. The highest BCUT2D eigenvalue weighted by atomic mass is 16.5. The molecule has 0 heterocycles. The molecule has 0 radical (unpaired) electrons. The van der Waals surface area contributed by atoms with Gasteiger partial charge in [0.05, 0.1) is 7.11 Å². The molecule has 1 N–H and O–H groups in total. The van der Waals surface area contributed by atoms with Crippen LogP contribution >= 0.6 is 0 Å². The quantitative estimate of drug-likeness (QED) is 0.844. The molecule has 0 bridgehead atoms. The van der Waals surface area contributed by atoms with E-state index < -0.39 is 0 Å². The third kappa shape index (κ3) is 2.47. The lowest BCUT2D eigenvalue weighted by atomic mass is 9.91. The van der Waals surface area contributed by atoms with Gasteiger partial charge in [-0.2, -0.15) is 0 Å². The summed E-state index contributed by atoms with van der Waals surface area (Å²) in [6.07, 6.45) is 3.92. The van der Waals surface area contributed by atoms with Crippen molar-refractivity contribution in [3.8, 4) is 5.75 Å². The van der Waals surface area contributed by atoms with Crippen LogP contribution in [0.4, 0.5) is 0 Å². The third-order valence-corrected chi connectivity index (χ3v) is 4.14. The van der Waals surface area contributed by atoms with E-state index in [0.29, 0.717) is 5.41 Å². The van der Waals surface area contributed by atoms with E-state index in [9.17, 15) is 0 Å². The predicted octanol–water partition coefficient (Wildman–Crippen LogP) is 2.85. The normalized spacial score (nSPS) is 16.9. The number of rotatable bonds is 5. The van der Waals surface area contributed by atoms with E-state index in [4.69, 9.17) is 4.74 Å². The van der Waals surface area contributed by atoms with E-state index in [-0.39, 0.29) is 0 Å². The van der Waals surface area contributed by atoms with Crippen LogP contribution in [0.25, 0.3) is 0 Å². The highest BCUT2D eigenvalue weighted by molar-refractivity contribution is 5.44. The molecule has 1 aromatic rings. The summed E-state index contributed by atoms with van der Waals surface area (Å²) in [4.78, 5) is 0. The maximum Gasteiger partial charge on any atom is 0.122 e. The molecule has 2 rings (SSSR count). The van der Waals surface area contributed by atoms with Crippen LogP contribution in [-0.4, -0.2) is 20.7 Å². The molecule has 0 unspecified atom stereocenters. The topological polar surface area (TPSA) is 21.3 Å². The Hall–Kier alpha value is -1.02. The first-order valence-electron chi connectivity index (χ1n) is 6.39. The van der Waals surface area contributed by atoms with E-state index in [1.807, 2.05) is 7.05 Å². The molecule has 2 heteroatoms. The van der Waals surface area contributed by atoms with Crippen molar-refractivity contribution in [1.29, 1.82) is 0 Å². The van der Waals surface area contributed by atoms with Crippen molar-refractivity contribution in [3.63, 3.8) is 0 Å². The zero-order valence-electron chi connectivity index (χ0n) is 11.4. The monoisotopic (exact) mass is 233 g/mol. The Morgan fingerprint density at radius 1 is 1.24 bits per heavy atom. The fraction of sp³-hybridized carbons (Fsp3) is 0.600. The first-order valence-corrected chi connectivity index (χ1v) is 6.39. The molecule has 1 fully saturated rings. The van der Waals surface area contributed by atoms with Crippen LogP contribution in [0.1, 0.15) is 29.5 Å². The smallest absolute Gasteiger partial charge is 0.122 e. The van der Waals surface area contributed by atoms with Gasteiger partial charge in [-0.1, -0.05) is 6.07 Å². The third-order valence-electron chi connectivity index (χ3n) is 4.14. The Labute approximate surface area is 104 Å². The van der Waals surface area contributed by atoms with Crippen LogP contribution in [0.3, 0.4) is 0 Å². The number of benzene rings is 1. The van der Waals surface area contributed by atoms with Crippen LogP contribution in [0.2, 0.25) is 0 Å². The molecule has 94 valence electrons. The zero-order chi connectivity index (χ0) is 12.5. The van der Waals surface area contributed by atoms with Gasteiger partial charge < -0.3 is 10.1 Å². The second-order valence-corrected chi connectivity index (χ2v) is 5.38. The summed E-state index contributed by atoms with van der Waals surface area (Å²) in [6.45, 7) is 5.50. The van der Waals surface area contributed by atoms with Gasteiger partial charge in [0.2, 0.25) is 0 Å². The first-order chi connectivity index (χ1) is 8.12. The van der Waals surface area contributed by atoms with Gasteiger partial charge in [-0.3, -0.25) is 0 Å². The number of hydrogen-bond donors (Lipinski definition) is 1. The highest BCUT2D eigenvalue weighted by Gasteiger charge is 2.41. The molecule has 0 aliphatic heterocycles. The van der Waals surface area contributed by atoms with Crippen LogP contribution < -0.4 is 10.1 Å². The minimum atomic E-state index is 0.528. The zero-order valence-corrected chi connectivity index (χ0v) is 11.4. The predicted molar refractivity (Wildman–Crippen MR) is 71.8 cm³/mol. The van der Waals surface area contributed by atoms with E-state index in [1.54, 1.807) is 7.11 Å². The van der Waals surface area contributed by atoms with Crippen LogP contribution in [0.15, 0.2) is 12.1 Å². The van der Waals surface area contributed by atoms with Gasteiger partial charge in [0.15, 0.2) is 0 Å². The van der Waals surface area contributed by atoms with Gasteiger partial charge in [0.25, 0.3) is 0 Å². The SMILES string of the molecule is CNCC1(Cc2ccc(OC)c(C)c2C)CC1. The summed E-state index contributed by atoms with van der Waals surface area (Å²) in [6, 6.07) is 4.34. The van der Waals surface area contributed by atoms with Crippen LogP contribution in [0.5, 0.6) is 5.75 Å². The van der Waals surface area contributed by atoms with Crippen molar-refractivity contribution < 1.29 is 4.74 Å². The molecule has 0 saturated heterocycles. The van der Waals surface area contributed by atoms with Gasteiger partial charge >= 0.3 is 0 Å². The summed E-state index contributed by atoms with van der Waals surface area (Å²) in [5.74, 6) is 1.00. The van der Waals surface area contributed by atoms with Gasteiger partial charge in [0.1, 0.15) is 5.75 Å². The molecule has 0 amide bonds. The Balaban J connectivity index is 2.20. The Bertz CT molecular complexity index is 408. The fourth-order valence-electron chi connectivity index (χ4n) is 2.64. The van der Waals surface area contributed by atoms with E-state index in [1.165, 1.54) is 36.0 Å². The van der Waals surface area contributed by atoms with E-state index >= 15 is 0 Å². The molecule has 0 aromatic heterocycles. The van der Waals surface area contributed by atoms with Crippen molar-refractivity contribution in [1.82, 2.24) is 5.32 Å². The molecule has 1 saturated carbocycles. The lowest BCUT2D eigenvalue weighted by Crippen LogP contribution is -2.22. The van der Waals surface area contributed by atoms with Gasteiger partial charge in [-0.05, 0) is 68.3 Å². The molecular formula is C15H23NO. The summed E-state index contributed by atoms with van der Waals surface area (Å²) in [7, 11) is 3.79. The Morgan fingerprint density at radius 2 is 1.94 bits per heavy atom. The number of hydrogen-bond acceptors (Lipinski definition) is 2. The lowest BCUT2D eigenvalue weighted by Gasteiger charge is -2.18. The first kappa shape index (κ1) is 12.4. The van der Waals surface area contributed by atoms with Crippen molar-refractivity contribution in [2.45, 2.75) is 33.1 Å². The molecular weight excluding hydrogens is 210 g/mol. The minimum Gasteiger partial charge on any atom is -0.496 e. The standard InChI is InChI=1S/C15H23NO/c1-11-12(2)14(17-4)6-5-13(11)9-15(7-8-15)10-16-3/h5-6,16H,7-10H2,1-4H3. The average molecular weight is 233 g/mol. The van der Waals surface area contributed by atoms with E-state index in [0.717, 1.165) is 12.3 Å². The molecule has 0 spiro atoms. The van der Waals surface area contributed by atoms with Gasteiger partial charge in [-0.25, -0.2) is 0 Å². The summed E-state index contributed by atoms with van der Waals surface area (Å²) >= 11 is 0. The van der Waals surface area contributed by atoms with Crippen LogP contribution in [0, 0.1) is 19.3 Å². The summed E-state index contributed by atoms with van der Waals surface area (Å²) in [5.41, 5.74) is 4.69. The fourth-order valence-corrected chi connectivity index (χ4v) is 2.64. The number of nitrogens with one attached hydrogen (secondary N) is 1. The molecule has 2 nitrogen and oxygen atoms in total. The van der Waals surface area contributed by atoms with Gasteiger partial charge in [-0.15, -0.1) is 0 Å². The molecule has 1 aliphatic carbocycles. The minimum absolute atomic E-state index is 0.528. The van der Waals surface area contributed by atoms with Gasteiger partial charge in [0, 0.05) is 6.54 Å². The number of methoxy groups -OCH3 is 1. The lowest BCUT2D eigenvalue weighted by molar-refractivity contribution is 0.410. The Kier molecular flexibility index (Phi) is 3.43. The van der Waals surface area contributed by atoms with Crippen molar-refractivity contribution in [3.05, 3.63) is 28.8 Å². The van der Waals surface area contributed by atoms with Crippen molar-refractivity contribution >= 4 is 0 Å². The Morgan fingerprint density at radius 3 is 2.47 bits per heavy atom. The van der Waals surface area contributed by atoms with Crippen LogP contribution in [-0.2, 0) is 6.42 Å². The average Bonchev–Trinajstić information content (AvgIpc) is 3.06. The van der Waals surface area contributed by atoms with Crippen molar-refractivity contribution in [2.75, 3.05) is 20.7 Å². The molecule has 1 aromatic carbocycles. The molecule has 1 aliphatic rings. The maximum absolute atomic E-state index is 5.36. The summed E-state index contributed by atoms with van der Waals surface area (Å²) < 4.78 is 5.36. The maximum atomic E-state index is 5.36. The molecule has 17 heavy (non-hydrogen) atoms.